The largest absolute Gasteiger partial charge is 0.207 e. The van der Waals surface area contributed by atoms with Crippen LogP contribution < -0.4 is 0 Å². The molecule has 0 bridgehead atoms. The molecule has 0 aromatic heterocycles. The van der Waals surface area contributed by atoms with Crippen LogP contribution in [0, 0.1) is 19.7 Å². The lowest BCUT2D eigenvalue weighted by molar-refractivity contribution is 0.625. The summed E-state index contributed by atoms with van der Waals surface area (Å²) in [4.78, 5) is 0. The third-order valence-electron chi connectivity index (χ3n) is 5.31. The van der Waals surface area contributed by atoms with Crippen molar-refractivity contribution < 1.29 is 4.39 Å². The molecule has 0 unspecified atom stereocenters. The minimum Gasteiger partial charge on any atom is -0.207 e. The number of fused-ring (bicyclic) bond motifs is 3. The van der Waals surface area contributed by atoms with Crippen LogP contribution in [0.2, 0.25) is 0 Å². The van der Waals surface area contributed by atoms with Crippen LogP contribution in [0.3, 0.4) is 0 Å². The van der Waals surface area contributed by atoms with Gasteiger partial charge in [0, 0.05) is 0 Å². The van der Waals surface area contributed by atoms with Gasteiger partial charge in [0.05, 0.1) is 0 Å². The Morgan fingerprint density at radius 1 is 0.600 bits per heavy atom. The summed E-state index contributed by atoms with van der Waals surface area (Å²) >= 11 is 0. The highest BCUT2D eigenvalue weighted by Gasteiger charge is 2.22. The summed E-state index contributed by atoms with van der Waals surface area (Å²) in [5.74, 6) is -0.169. The molecular formula is C24H17F. The summed E-state index contributed by atoms with van der Waals surface area (Å²) in [7, 11) is 0. The molecule has 0 aliphatic heterocycles. The van der Waals surface area contributed by atoms with Gasteiger partial charge in [-0.15, -0.1) is 0 Å². The maximum absolute atomic E-state index is 13.8. The van der Waals surface area contributed by atoms with Gasteiger partial charge in [-0.25, -0.2) is 4.39 Å². The molecule has 25 heavy (non-hydrogen) atoms. The summed E-state index contributed by atoms with van der Waals surface area (Å²) in [6.45, 7) is 3.98. The Kier molecular flexibility index (Phi) is 2.90. The molecule has 0 spiro atoms. The standard InChI is InChI=1S/C24H17F/c1-14-12-16(25)13-15(2)23(14)22-11-10-21-18-7-4-3-6-17(18)19-8-5-9-20(22)24(19)21/h3-13H,1-2H3. The minimum atomic E-state index is -0.169. The Morgan fingerprint density at radius 2 is 1.16 bits per heavy atom. The zero-order valence-electron chi connectivity index (χ0n) is 14.2. The molecule has 0 saturated heterocycles. The molecule has 1 aliphatic carbocycles. The van der Waals surface area contributed by atoms with E-state index in [4.69, 9.17) is 0 Å². The number of aryl methyl sites for hydroxylation is 2. The lowest BCUT2D eigenvalue weighted by atomic mass is 9.90. The van der Waals surface area contributed by atoms with E-state index in [2.05, 4.69) is 54.6 Å². The van der Waals surface area contributed by atoms with Crippen molar-refractivity contribution in [3.63, 3.8) is 0 Å². The third kappa shape index (κ3) is 1.93. The van der Waals surface area contributed by atoms with Crippen molar-refractivity contribution in [3.05, 3.63) is 83.7 Å². The summed E-state index contributed by atoms with van der Waals surface area (Å²) < 4.78 is 13.8. The summed E-state index contributed by atoms with van der Waals surface area (Å²) in [6.07, 6.45) is 0. The van der Waals surface area contributed by atoms with E-state index in [0.717, 1.165) is 16.7 Å². The van der Waals surface area contributed by atoms with Gasteiger partial charge in [0.1, 0.15) is 5.82 Å². The molecule has 120 valence electrons. The zero-order valence-corrected chi connectivity index (χ0v) is 14.2. The van der Waals surface area contributed by atoms with Gasteiger partial charge >= 0.3 is 0 Å². The predicted octanol–water partition coefficient (Wildman–Crippen LogP) is 6.91. The molecule has 0 saturated carbocycles. The topological polar surface area (TPSA) is 0 Å². The van der Waals surface area contributed by atoms with Gasteiger partial charge in [0.25, 0.3) is 0 Å². The fraction of sp³-hybridized carbons (Fsp3) is 0.0833. The van der Waals surface area contributed by atoms with Crippen molar-refractivity contribution >= 4 is 10.8 Å². The van der Waals surface area contributed by atoms with E-state index < -0.39 is 0 Å². The quantitative estimate of drug-likeness (QED) is 0.314. The molecule has 1 aliphatic rings. The second-order valence-corrected chi connectivity index (χ2v) is 6.85. The van der Waals surface area contributed by atoms with E-state index in [9.17, 15) is 4.39 Å². The van der Waals surface area contributed by atoms with Crippen molar-refractivity contribution in [3.8, 4) is 33.4 Å². The first kappa shape index (κ1) is 14.4. The van der Waals surface area contributed by atoms with Crippen molar-refractivity contribution in [2.75, 3.05) is 0 Å². The zero-order chi connectivity index (χ0) is 17.1. The summed E-state index contributed by atoms with van der Waals surface area (Å²) in [5.41, 5.74) is 9.47. The minimum absolute atomic E-state index is 0.169. The first-order valence-corrected chi connectivity index (χ1v) is 8.58. The van der Waals surface area contributed by atoms with E-state index in [1.54, 1.807) is 12.1 Å². The third-order valence-corrected chi connectivity index (χ3v) is 5.31. The van der Waals surface area contributed by atoms with E-state index in [0.29, 0.717) is 0 Å². The molecule has 0 N–H and O–H groups in total. The first-order chi connectivity index (χ1) is 12.1. The smallest absolute Gasteiger partial charge is 0.123 e. The van der Waals surface area contributed by atoms with Crippen molar-refractivity contribution in [2.45, 2.75) is 13.8 Å². The fourth-order valence-electron chi connectivity index (χ4n) is 4.36. The van der Waals surface area contributed by atoms with Gasteiger partial charge < -0.3 is 0 Å². The van der Waals surface area contributed by atoms with E-state index in [-0.39, 0.29) is 5.82 Å². The van der Waals surface area contributed by atoms with E-state index in [1.165, 1.54) is 38.6 Å². The molecule has 0 radical (unpaired) electrons. The van der Waals surface area contributed by atoms with Crippen LogP contribution in [0.15, 0.2) is 66.7 Å². The molecule has 4 aromatic rings. The van der Waals surface area contributed by atoms with Gasteiger partial charge in [-0.05, 0) is 81.3 Å². The predicted molar refractivity (Wildman–Crippen MR) is 103 cm³/mol. The molecule has 0 fully saturated rings. The molecule has 0 heterocycles. The molecule has 0 amide bonds. The monoisotopic (exact) mass is 324 g/mol. The van der Waals surface area contributed by atoms with Gasteiger partial charge in [-0.2, -0.15) is 0 Å². The Morgan fingerprint density at radius 3 is 1.84 bits per heavy atom. The molecule has 5 rings (SSSR count). The highest BCUT2D eigenvalue weighted by molar-refractivity contribution is 6.18. The number of hydrogen-bond donors (Lipinski definition) is 0. The van der Waals surface area contributed by atoms with Crippen LogP contribution >= 0.6 is 0 Å². The fourth-order valence-corrected chi connectivity index (χ4v) is 4.36. The van der Waals surface area contributed by atoms with Crippen molar-refractivity contribution in [1.82, 2.24) is 0 Å². The van der Waals surface area contributed by atoms with E-state index in [1.807, 2.05) is 13.8 Å². The average molecular weight is 324 g/mol. The maximum atomic E-state index is 13.8. The molecule has 0 atom stereocenters. The van der Waals surface area contributed by atoms with Gasteiger partial charge in [0.2, 0.25) is 0 Å². The Hall–Kier alpha value is -2.93. The van der Waals surface area contributed by atoms with Crippen LogP contribution in [-0.2, 0) is 0 Å². The SMILES string of the molecule is Cc1cc(F)cc(C)c1-c1ccc2c3c(cccc13)-c1ccccc1-2. The molecular weight excluding hydrogens is 307 g/mol. The molecule has 1 heteroatoms. The van der Waals surface area contributed by atoms with Gasteiger partial charge in [-0.1, -0.05) is 54.6 Å². The number of halogens is 1. The van der Waals surface area contributed by atoms with Crippen LogP contribution in [0.5, 0.6) is 0 Å². The Bertz CT molecular complexity index is 1120. The highest BCUT2D eigenvalue weighted by atomic mass is 19.1. The van der Waals surface area contributed by atoms with Crippen molar-refractivity contribution in [2.24, 2.45) is 0 Å². The van der Waals surface area contributed by atoms with Crippen LogP contribution in [0.25, 0.3) is 44.2 Å². The maximum Gasteiger partial charge on any atom is 0.123 e. The first-order valence-electron chi connectivity index (χ1n) is 8.58. The number of benzene rings is 4. The summed E-state index contributed by atoms with van der Waals surface area (Å²) in [5, 5.41) is 2.55. The second-order valence-electron chi connectivity index (χ2n) is 6.85. The van der Waals surface area contributed by atoms with Gasteiger partial charge in [0.15, 0.2) is 0 Å². The Labute approximate surface area is 146 Å². The highest BCUT2D eigenvalue weighted by Crippen LogP contribution is 2.49. The number of hydrogen-bond acceptors (Lipinski definition) is 0. The van der Waals surface area contributed by atoms with Crippen molar-refractivity contribution in [1.29, 1.82) is 0 Å². The van der Waals surface area contributed by atoms with E-state index >= 15 is 0 Å². The van der Waals surface area contributed by atoms with Crippen LogP contribution in [0.4, 0.5) is 4.39 Å². The lowest BCUT2D eigenvalue weighted by Gasteiger charge is -2.14. The van der Waals surface area contributed by atoms with Crippen LogP contribution in [0.1, 0.15) is 11.1 Å². The lowest BCUT2D eigenvalue weighted by Crippen LogP contribution is -1.92. The normalized spacial score (nSPS) is 11.8. The number of rotatable bonds is 1. The Balaban J connectivity index is 1.90. The molecule has 0 nitrogen and oxygen atoms in total. The summed E-state index contributed by atoms with van der Waals surface area (Å²) in [6, 6.07) is 22.7. The average Bonchev–Trinajstić information content (AvgIpc) is 2.92. The van der Waals surface area contributed by atoms with Gasteiger partial charge in [-0.3, -0.25) is 0 Å². The second kappa shape index (κ2) is 5.03. The van der Waals surface area contributed by atoms with Crippen LogP contribution in [-0.4, -0.2) is 0 Å². The molecule has 4 aromatic carbocycles.